The van der Waals surface area contributed by atoms with E-state index in [9.17, 15) is 4.79 Å². The first kappa shape index (κ1) is 8.04. The Labute approximate surface area is 82.9 Å². The Hall–Kier alpha value is -1.31. The maximum Gasteiger partial charge on any atom is 0.317 e. The molecule has 1 heterocycles. The Kier molecular flexibility index (Phi) is 1.37. The summed E-state index contributed by atoms with van der Waals surface area (Å²) in [4.78, 5) is 11.6. The van der Waals surface area contributed by atoms with Crippen molar-refractivity contribution >= 4 is 5.97 Å². The van der Waals surface area contributed by atoms with Crippen LogP contribution >= 0.6 is 0 Å². The summed E-state index contributed by atoms with van der Waals surface area (Å²) in [5.41, 5.74) is 2.11. The molecule has 2 nitrogen and oxygen atoms in total. The molecule has 0 radical (unpaired) electrons. The SMILES string of the molecule is Cc1ccc([C@]23C[C@H]2COC3=O)cc1. The summed E-state index contributed by atoms with van der Waals surface area (Å²) in [5, 5.41) is 0. The van der Waals surface area contributed by atoms with Crippen LogP contribution in [0.2, 0.25) is 0 Å². The molecule has 0 bridgehead atoms. The molecule has 72 valence electrons. The first-order valence-electron chi connectivity index (χ1n) is 4.98. The van der Waals surface area contributed by atoms with Gasteiger partial charge in [-0.05, 0) is 18.9 Å². The molecular weight excluding hydrogens is 176 g/mol. The summed E-state index contributed by atoms with van der Waals surface area (Å²) in [6.45, 7) is 2.67. The van der Waals surface area contributed by atoms with E-state index in [1.54, 1.807) is 0 Å². The number of rotatable bonds is 1. The van der Waals surface area contributed by atoms with E-state index in [1.165, 1.54) is 5.56 Å². The zero-order valence-electron chi connectivity index (χ0n) is 8.12. The van der Waals surface area contributed by atoms with E-state index in [2.05, 4.69) is 31.2 Å². The molecule has 2 heteroatoms. The highest BCUT2D eigenvalue weighted by Gasteiger charge is 2.66. The van der Waals surface area contributed by atoms with Gasteiger partial charge in [0.15, 0.2) is 0 Å². The summed E-state index contributed by atoms with van der Waals surface area (Å²) >= 11 is 0. The first-order chi connectivity index (χ1) is 6.73. The zero-order chi connectivity index (χ0) is 9.76. The maximum absolute atomic E-state index is 11.6. The largest absolute Gasteiger partial charge is 0.465 e. The zero-order valence-corrected chi connectivity index (χ0v) is 8.12. The van der Waals surface area contributed by atoms with Gasteiger partial charge in [-0.2, -0.15) is 0 Å². The molecular formula is C12H12O2. The molecule has 0 amide bonds. The van der Waals surface area contributed by atoms with Gasteiger partial charge in [-0.15, -0.1) is 0 Å². The Morgan fingerprint density at radius 1 is 1.36 bits per heavy atom. The van der Waals surface area contributed by atoms with Crippen LogP contribution < -0.4 is 0 Å². The Morgan fingerprint density at radius 3 is 2.57 bits per heavy atom. The van der Waals surface area contributed by atoms with Gasteiger partial charge in [0.25, 0.3) is 0 Å². The normalized spacial score (nSPS) is 33.8. The molecule has 1 aromatic rings. The lowest BCUT2D eigenvalue weighted by Crippen LogP contribution is -2.18. The van der Waals surface area contributed by atoms with Crippen LogP contribution in [0.15, 0.2) is 24.3 Å². The molecule has 1 saturated heterocycles. The number of carbonyl (C=O) groups excluding carboxylic acids is 1. The molecule has 14 heavy (non-hydrogen) atoms. The molecule has 2 aliphatic rings. The third-order valence-corrected chi connectivity index (χ3v) is 3.45. The molecule has 1 aromatic carbocycles. The lowest BCUT2D eigenvalue weighted by atomic mass is 9.94. The fourth-order valence-corrected chi connectivity index (χ4v) is 2.41. The Morgan fingerprint density at radius 2 is 2.07 bits per heavy atom. The highest BCUT2D eigenvalue weighted by molar-refractivity contribution is 5.89. The number of aryl methyl sites for hydroxylation is 1. The van der Waals surface area contributed by atoms with Crippen molar-refractivity contribution in [1.29, 1.82) is 0 Å². The minimum absolute atomic E-state index is 0.0219. The van der Waals surface area contributed by atoms with Crippen LogP contribution in [-0.4, -0.2) is 12.6 Å². The van der Waals surface area contributed by atoms with Gasteiger partial charge in [0, 0.05) is 5.92 Å². The second-order valence-corrected chi connectivity index (χ2v) is 4.34. The van der Waals surface area contributed by atoms with Crippen molar-refractivity contribution in [3.8, 4) is 0 Å². The Balaban J connectivity index is 2.04. The summed E-state index contributed by atoms with van der Waals surface area (Å²) < 4.78 is 5.06. The fraction of sp³-hybridized carbons (Fsp3) is 0.417. The number of benzene rings is 1. The van der Waals surface area contributed by atoms with Gasteiger partial charge in [-0.1, -0.05) is 29.8 Å². The second-order valence-electron chi connectivity index (χ2n) is 4.34. The molecule has 0 spiro atoms. The molecule has 0 unspecified atom stereocenters. The summed E-state index contributed by atoms with van der Waals surface area (Å²) in [6.07, 6.45) is 0.981. The second kappa shape index (κ2) is 2.38. The predicted octanol–water partition coefficient (Wildman–Crippen LogP) is 1.81. The lowest BCUT2D eigenvalue weighted by Gasteiger charge is -2.09. The van der Waals surface area contributed by atoms with Gasteiger partial charge in [0.05, 0.1) is 12.0 Å². The molecule has 0 N–H and O–H groups in total. The van der Waals surface area contributed by atoms with Crippen LogP contribution in [0.4, 0.5) is 0 Å². The number of ether oxygens (including phenoxy) is 1. The van der Waals surface area contributed by atoms with Gasteiger partial charge in [-0.25, -0.2) is 0 Å². The van der Waals surface area contributed by atoms with Crippen molar-refractivity contribution < 1.29 is 9.53 Å². The highest BCUT2D eigenvalue weighted by Crippen LogP contribution is 2.58. The number of hydrogen-bond donors (Lipinski definition) is 0. The maximum atomic E-state index is 11.6. The number of esters is 1. The monoisotopic (exact) mass is 188 g/mol. The van der Waals surface area contributed by atoms with E-state index in [4.69, 9.17) is 4.74 Å². The van der Waals surface area contributed by atoms with Crippen molar-refractivity contribution in [2.45, 2.75) is 18.8 Å². The molecule has 1 aliphatic carbocycles. The van der Waals surface area contributed by atoms with Crippen LogP contribution in [-0.2, 0) is 14.9 Å². The molecule has 1 aliphatic heterocycles. The molecule has 2 fully saturated rings. The van der Waals surface area contributed by atoms with Crippen LogP contribution in [0.1, 0.15) is 17.5 Å². The van der Waals surface area contributed by atoms with E-state index < -0.39 is 0 Å². The van der Waals surface area contributed by atoms with E-state index in [1.807, 2.05) is 0 Å². The van der Waals surface area contributed by atoms with Gasteiger partial charge in [0.1, 0.15) is 0 Å². The third-order valence-electron chi connectivity index (χ3n) is 3.45. The van der Waals surface area contributed by atoms with Crippen molar-refractivity contribution in [3.05, 3.63) is 35.4 Å². The lowest BCUT2D eigenvalue weighted by molar-refractivity contribution is -0.142. The molecule has 1 saturated carbocycles. The molecule has 2 atom stereocenters. The van der Waals surface area contributed by atoms with Gasteiger partial charge in [0.2, 0.25) is 0 Å². The van der Waals surface area contributed by atoms with Crippen molar-refractivity contribution in [1.82, 2.24) is 0 Å². The van der Waals surface area contributed by atoms with Crippen LogP contribution in [0.25, 0.3) is 0 Å². The summed E-state index contributed by atoms with van der Waals surface area (Å²) in [6, 6.07) is 8.24. The number of fused-ring (bicyclic) bond motifs is 1. The minimum Gasteiger partial charge on any atom is -0.465 e. The van der Waals surface area contributed by atoms with Gasteiger partial charge < -0.3 is 4.74 Å². The molecule has 3 rings (SSSR count). The number of hydrogen-bond acceptors (Lipinski definition) is 2. The summed E-state index contributed by atoms with van der Waals surface area (Å²) in [5.74, 6) is 0.420. The fourth-order valence-electron chi connectivity index (χ4n) is 2.41. The Bertz CT molecular complexity index is 393. The molecule has 0 aromatic heterocycles. The average molecular weight is 188 g/mol. The van der Waals surface area contributed by atoms with Crippen molar-refractivity contribution in [3.63, 3.8) is 0 Å². The smallest absolute Gasteiger partial charge is 0.317 e. The van der Waals surface area contributed by atoms with E-state index in [-0.39, 0.29) is 11.4 Å². The van der Waals surface area contributed by atoms with E-state index in [0.717, 1.165) is 12.0 Å². The average Bonchev–Trinajstić information content (AvgIpc) is 2.84. The quantitative estimate of drug-likeness (QED) is 0.628. The topological polar surface area (TPSA) is 26.3 Å². The minimum atomic E-state index is -0.256. The van der Waals surface area contributed by atoms with Crippen LogP contribution in [0.3, 0.4) is 0 Å². The van der Waals surface area contributed by atoms with Gasteiger partial charge in [-0.3, -0.25) is 4.79 Å². The van der Waals surface area contributed by atoms with E-state index >= 15 is 0 Å². The van der Waals surface area contributed by atoms with Crippen LogP contribution in [0.5, 0.6) is 0 Å². The summed E-state index contributed by atoms with van der Waals surface area (Å²) in [7, 11) is 0. The standard InChI is InChI=1S/C12H12O2/c1-8-2-4-9(5-3-8)12-6-10(12)7-14-11(12)13/h2-5,10H,6-7H2,1H3/t10-,12+/m0/s1. The van der Waals surface area contributed by atoms with Gasteiger partial charge >= 0.3 is 5.97 Å². The first-order valence-corrected chi connectivity index (χ1v) is 4.98. The van der Waals surface area contributed by atoms with Crippen molar-refractivity contribution in [2.24, 2.45) is 5.92 Å². The highest BCUT2D eigenvalue weighted by atomic mass is 16.5. The number of carbonyl (C=O) groups is 1. The van der Waals surface area contributed by atoms with Crippen molar-refractivity contribution in [2.75, 3.05) is 6.61 Å². The number of cyclic esters (lactones) is 1. The van der Waals surface area contributed by atoms with Crippen LogP contribution in [0, 0.1) is 12.8 Å². The third kappa shape index (κ3) is 0.834. The predicted molar refractivity (Wildman–Crippen MR) is 51.9 cm³/mol. The van der Waals surface area contributed by atoms with E-state index in [0.29, 0.717) is 12.5 Å².